The molecule has 0 unspecified atom stereocenters. The van der Waals surface area contributed by atoms with Crippen LogP contribution in [0.3, 0.4) is 0 Å². The molecule has 4 heteroatoms. The van der Waals surface area contributed by atoms with Gasteiger partial charge in [0.15, 0.2) is 0 Å². The molecule has 0 aliphatic rings. The lowest BCUT2D eigenvalue weighted by Gasteiger charge is -2.04. The average Bonchev–Trinajstić information content (AvgIpc) is 2.07. The van der Waals surface area contributed by atoms with Crippen molar-refractivity contribution < 1.29 is 9.84 Å². The first-order chi connectivity index (χ1) is 5.74. The second kappa shape index (κ2) is 4.55. The summed E-state index contributed by atoms with van der Waals surface area (Å²) >= 11 is 11.4. The molecule has 0 aromatic heterocycles. The molecular formula is C8H8Cl2O2. The zero-order valence-corrected chi connectivity index (χ0v) is 7.77. The molecule has 2 nitrogen and oxygen atoms in total. The fourth-order valence-electron chi connectivity index (χ4n) is 0.730. The highest BCUT2D eigenvalue weighted by Crippen LogP contribution is 2.26. The number of aliphatic hydroxyl groups is 1. The minimum absolute atomic E-state index is 0.0136. The molecule has 0 amide bonds. The van der Waals surface area contributed by atoms with Gasteiger partial charge in [-0.2, -0.15) is 0 Å². The second-order valence-corrected chi connectivity index (χ2v) is 2.96. The molecule has 0 saturated heterocycles. The highest BCUT2D eigenvalue weighted by Gasteiger charge is 1.98. The maximum atomic E-state index is 8.47. The number of aliphatic hydroxyl groups excluding tert-OH is 1. The smallest absolute Gasteiger partial charge is 0.121 e. The summed E-state index contributed by atoms with van der Waals surface area (Å²) in [5.41, 5.74) is 0. The summed E-state index contributed by atoms with van der Waals surface area (Å²) in [5.74, 6) is 0.610. The number of ether oxygens (including phenoxy) is 1. The van der Waals surface area contributed by atoms with Gasteiger partial charge in [-0.25, -0.2) is 0 Å². The maximum absolute atomic E-state index is 8.47. The van der Waals surface area contributed by atoms with E-state index in [9.17, 15) is 0 Å². The molecule has 1 aromatic carbocycles. The van der Waals surface area contributed by atoms with Gasteiger partial charge in [0.25, 0.3) is 0 Å². The van der Waals surface area contributed by atoms with E-state index < -0.39 is 0 Å². The predicted molar refractivity (Wildman–Crippen MR) is 49.0 cm³/mol. The lowest BCUT2D eigenvalue weighted by Crippen LogP contribution is -2.01. The van der Waals surface area contributed by atoms with Crippen LogP contribution in [0.25, 0.3) is 0 Å². The van der Waals surface area contributed by atoms with Gasteiger partial charge in [0.05, 0.1) is 16.7 Å². The number of rotatable bonds is 3. The van der Waals surface area contributed by atoms with E-state index in [-0.39, 0.29) is 13.2 Å². The quantitative estimate of drug-likeness (QED) is 0.824. The van der Waals surface area contributed by atoms with E-state index in [1.807, 2.05) is 0 Å². The Morgan fingerprint density at radius 1 is 1.25 bits per heavy atom. The van der Waals surface area contributed by atoms with E-state index >= 15 is 0 Å². The van der Waals surface area contributed by atoms with Crippen molar-refractivity contribution in [2.75, 3.05) is 13.2 Å². The Kier molecular flexibility index (Phi) is 3.66. The van der Waals surface area contributed by atoms with E-state index in [1.165, 1.54) is 0 Å². The first-order valence-electron chi connectivity index (χ1n) is 3.43. The van der Waals surface area contributed by atoms with Crippen LogP contribution < -0.4 is 4.74 Å². The number of hydrogen-bond acceptors (Lipinski definition) is 2. The van der Waals surface area contributed by atoms with Gasteiger partial charge in [-0.1, -0.05) is 23.2 Å². The molecule has 0 atom stereocenters. The van der Waals surface area contributed by atoms with Crippen molar-refractivity contribution in [3.05, 3.63) is 28.2 Å². The van der Waals surface area contributed by atoms with Gasteiger partial charge >= 0.3 is 0 Å². The van der Waals surface area contributed by atoms with Crippen LogP contribution in [-0.4, -0.2) is 18.3 Å². The van der Waals surface area contributed by atoms with E-state index in [0.717, 1.165) is 0 Å². The third kappa shape index (κ3) is 2.55. The van der Waals surface area contributed by atoms with Crippen molar-refractivity contribution in [3.8, 4) is 5.75 Å². The largest absolute Gasteiger partial charge is 0.491 e. The third-order valence-electron chi connectivity index (χ3n) is 1.25. The Hall–Kier alpha value is -0.440. The zero-order chi connectivity index (χ0) is 8.97. The molecular weight excluding hydrogens is 199 g/mol. The minimum Gasteiger partial charge on any atom is -0.491 e. The van der Waals surface area contributed by atoms with Crippen molar-refractivity contribution in [1.29, 1.82) is 0 Å². The van der Waals surface area contributed by atoms with Crippen LogP contribution in [0.1, 0.15) is 0 Å². The molecule has 1 N–H and O–H groups in total. The molecule has 0 bridgehead atoms. The van der Waals surface area contributed by atoms with Crippen LogP contribution in [0.15, 0.2) is 18.2 Å². The summed E-state index contributed by atoms with van der Waals surface area (Å²) in [4.78, 5) is 0. The summed E-state index contributed by atoms with van der Waals surface area (Å²) in [7, 11) is 0. The van der Waals surface area contributed by atoms with Crippen LogP contribution >= 0.6 is 23.2 Å². The van der Waals surface area contributed by atoms with Crippen molar-refractivity contribution in [1.82, 2.24) is 0 Å². The Labute approximate surface area is 80.7 Å². The molecule has 0 radical (unpaired) electrons. The van der Waals surface area contributed by atoms with E-state index in [1.54, 1.807) is 18.2 Å². The van der Waals surface area contributed by atoms with Crippen LogP contribution in [0.2, 0.25) is 10.0 Å². The van der Waals surface area contributed by atoms with Gasteiger partial charge < -0.3 is 9.84 Å². The molecule has 0 saturated carbocycles. The third-order valence-corrected chi connectivity index (χ3v) is 1.99. The fourth-order valence-corrected chi connectivity index (χ4v) is 1.02. The van der Waals surface area contributed by atoms with Gasteiger partial charge in [0.2, 0.25) is 0 Å². The van der Waals surface area contributed by atoms with Crippen LogP contribution in [0.5, 0.6) is 5.75 Å². The minimum atomic E-state index is -0.0136. The Balaban J connectivity index is 2.69. The standard InChI is InChI=1S/C8H8Cl2O2/c9-7-2-1-6(5-8(7)10)12-4-3-11/h1-2,5,11H,3-4H2. The Morgan fingerprint density at radius 2 is 2.00 bits per heavy atom. The highest BCUT2D eigenvalue weighted by atomic mass is 35.5. The lowest BCUT2D eigenvalue weighted by atomic mass is 10.3. The number of halogens is 2. The first kappa shape index (κ1) is 9.65. The van der Waals surface area contributed by atoms with Crippen molar-refractivity contribution in [2.45, 2.75) is 0 Å². The first-order valence-corrected chi connectivity index (χ1v) is 4.18. The molecule has 0 heterocycles. The Morgan fingerprint density at radius 3 is 2.58 bits per heavy atom. The van der Waals surface area contributed by atoms with Crippen LogP contribution in [0.4, 0.5) is 0 Å². The maximum Gasteiger partial charge on any atom is 0.121 e. The summed E-state index contributed by atoms with van der Waals surface area (Å²) < 4.78 is 5.10. The van der Waals surface area contributed by atoms with Crippen molar-refractivity contribution in [3.63, 3.8) is 0 Å². The normalized spacial score (nSPS) is 9.92. The zero-order valence-electron chi connectivity index (χ0n) is 6.26. The predicted octanol–water partition coefficient (Wildman–Crippen LogP) is 2.36. The molecule has 0 aliphatic carbocycles. The fraction of sp³-hybridized carbons (Fsp3) is 0.250. The lowest BCUT2D eigenvalue weighted by molar-refractivity contribution is 0.201. The second-order valence-electron chi connectivity index (χ2n) is 2.15. The average molecular weight is 207 g/mol. The van der Waals surface area contributed by atoms with Gasteiger partial charge in [-0.15, -0.1) is 0 Å². The van der Waals surface area contributed by atoms with Gasteiger partial charge in [0.1, 0.15) is 12.4 Å². The van der Waals surface area contributed by atoms with Crippen LogP contribution in [-0.2, 0) is 0 Å². The van der Waals surface area contributed by atoms with E-state index in [2.05, 4.69) is 0 Å². The van der Waals surface area contributed by atoms with Crippen molar-refractivity contribution >= 4 is 23.2 Å². The van der Waals surface area contributed by atoms with E-state index in [4.69, 9.17) is 33.0 Å². The van der Waals surface area contributed by atoms with Crippen molar-refractivity contribution in [2.24, 2.45) is 0 Å². The highest BCUT2D eigenvalue weighted by molar-refractivity contribution is 6.42. The SMILES string of the molecule is OCCOc1ccc(Cl)c(Cl)c1. The van der Waals surface area contributed by atoms with Gasteiger partial charge in [-0.05, 0) is 12.1 Å². The summed E-state index contributed by atoms with van der Waals surface area (Å²) in [6.45, 7) is 0.248. The topological polar surface area (TPSA) is 29.5 Å². The summed E-state index contributed by atoms with van der Waals surface area (Å²) in [6, 6.07) is 4.96. The number of benzene rings is 1. The van der Waals surface area contributed by atoms with Gasteiger partial charge in [0, 0.05) is 6.07 Å². The van der Waals surface area contributed by atoms with Gasteiger partial charge in [-0.3, -0.25) is 0 Å². The molecule has 1 aromatic rings. The molecule has 1 rings (SSSR count). The molecule has 0 aliphatic heterocycles. The van der Waals surface area contributed by atoms with E-state index in [0.29, 0.717) is 15.8 Å². The Bertz CT molecular complexity index is 263. The summed E-state index contributed by atoms with van der Waals surface area (Å²) in [5, 5.41) is 9.41. The number of hydrogen-bond donors (Lipinski definition) is 1. The molecule has 0 fully saturated rings. The van der Waals surface area contributed by atoms with Crippen LogP contribution in [0, 0.1) is 0 Å². The molecule has 12 heavy (non-hydrogen) atoms. The monoisotopic (exact) mass is 206 g/mol. The molecule has 66 valence electrons. The molecule has 0 spiro atoms. The summed E-state index contributed by atoms with van der Waals surface area (Å²) in [6.07, 6.45) is 0.